The number of hydrogen-bond donors (Lipinski definition) is 2. The maximum atomic E-state index is 12.7. The summed E-state index contributed by atoms with van der Waals surface area (Å²) in [4.78, 5) is 6.59. The van der Waals surface area contributed by atoms with Crippen LogP contribution in [0.25, 0.3) is 0 Å². The van der Waals surface area contributed by atoms with E-state index in [2.05, 4.69) is 39.3 Å². The van der Waals surface area contributed by atoms with Crippen molar-refractivity contribution < 1.29 is 13.2 Å². The summed E-state index contributed by atoms with van der Waals surface area (Å²) in [6.07, 6.45) is -1.96. The molecule has 1 aromatic carbocycles. The third kappa shape index (κ3) is 7.58. The maximum absolute atomic E-state index is 12.7. The highest BCUT2D eigenvalue weighted by Crippen LogP contribution is 2.29. The lowest BCUT2D eigenvalue weighted by molar-refractivity contribution is -0.137. The van der Waals surface area contributed by atoms with Crippen LogP contribution in [-0.4, -0.2) is 50.1 Å². The van der Waals surface area contributed by atoms with Crippen molar-refractivity contribution in [1.29, 1.82) is 0 Å². The van der Waals surface area contributed by atoms with Crippen LogP contribution in [-0.2, 0) is 6.18 Å². The van der Waals surface area contributed by atoms with Gasteiger partial charge in [-0.1, -0.05) is 24.8 Å². The molecule has 4 nitrogen and oxygen atoms in total. The van der Waals surface area contributed by atoms with E-state index < -0.39 is 11.7 Å². The minimum absolute atomic E-state index is 0. The largest absolute Gasteiger partial charge is 0.416 e. The first-order chi connectivity index (χ1) is 12.4. The standard InChI is InChI=1S/C19H25F3N4.HI/c1-3-26-12-6-10-17(26)14-25-18(23-2)24-11-5-8-15-7-4-9-16(13-15)19(20,21)22;/h4,7,9,13,17H,3,6,10-12,14H2,1-2H3,(H2,23,24,25);1H. The molecule has 1 atom stereocenters. The Morgan fingerprint density at radius 2 is 2.11 bits per heavy atom. The molecule has 27 heavy (non-hydrogen) atoms. The van der Waals surface area contributed by atoms with Crippen LogP contribution in [0.4, 0.5) is 13.2 Å². The van der Waals surface area contributed by atoms with Gasteiger partial charge in [-0.25, -0.2) is 0 Å². The van der Waals surface area contributed by atoms with Gasteiger partial charge < -0.3 is 10.6 Å². The van der Waals surface area contributed by atoms with Crippen molar-refractivity contribution >= 4 is 29.9 Å². The summed E-state index contributed by atoms with van der Waals surface area (Å²) in [6.45, 7) is 5.46. The fraction of sp³-hybridized carbons (Fsp3) is 0.526. The van der Waals surface area contributed by atoms with Gasteiger partial charge in [0.2, 0.25) is 0 Å². The Labute approximate surface area is 176 Å². The number of likely N-dealkylation sites (N-methyl/N-ethyl adjacent to an activating group) is 1. The molecule has 0 spiro atoms. The number of alkyl halides is 3. The summed E-state index contributed by atoms with van der Waals surface area (Å²) < 4.78 is 38.1. The van der Waals surface area contributed by atoms with Gasteiger partial charge in [0.1, 0.15) is 0 Å². The highest BCUT2D eigenvalue weighted by atomic mass is 127. The predicted molar refractivity (Wildman–Crippen MR) is 113 cm³/mol. The number of halogens is 4. The molecule has 1 aliphatic heterocycles. The van der Waals surface area contributed by atoms with E-state index in [4.69, 9.17) is 0 Å². The molecule has 0 saturated carbocycles. The molecule has 2 N–H and O–H groups in total. The number of hydrogen-bond acceptors (Lipinski definition) is 2. The summed E-state index contributed by atoms with van der Waals surface area (Å²) in [5, 5.41) is 6.35. The van der Waals surface area contributed by atoms with Crippen LogP contribution in [0.3, 0.4) is 0 Å². The number of rotatable bonds is 4. The molecule has 0 bridgehead atoms. The molecule has 1 aromatic rings. The lowest BCUT2D eigenvalue weighted by atomic mass is 10.1. The lowest BCUT2D eigenvalue weighted by Gasteiger charge is -2.23. The Morgan fingerprint density at radius 1 is 1.33 bits per heavy atom. The van der Waals surface area contributed by atoms with Gasteiger partial charge in [0.15, 0.2) is 5.96 Å². The van der Waals surface area contributed by atoms with Crippen molar-refractivity contribution in [2.45, 2.75) is 32.0 Å². The Balaban J connectivity index is 0.00000364. The third-order valence-corrected chi connectivity index (χ3v) is 4.40. The molecule has 0 aromatic heterocycles. The highest BCUT2D eigenvalue weighted by Gasteiger charge is 2.30. The molecular formula is C19H26F3IN4. The normalized spacial score (nSPS) is 17.7. The minimum Gasteiger partial charge on any atom is -0.355 e. The third-order valence-electron chi connectivity index (χ3n) is 4.40. The fourth-order valence-corrected chi connectivity index (χ4v) is 3.03. The second kappa shape index (κ2) is 11.4. The minimum atomic E-state index is -4.35. The zero-order valence-electron chi connectivity index (χ0n) is 15.6. The molecule has 1 aliphatic rings. The van der Waals surface area contributed by atoms with Gasteiger partial charge in [-0.05, 0) is 44.1 Å². The molecule has 2 rings (SSSR count). The number of nitrogens with one attached hydrogen (secondary N) is 2. The van der Waals surface area contributed by atoms with Crippen LogP contribution >= 0.6 is 24.0 Å². The monoisotopic (exact) mass is 494 g/mol. The van der Waals surface area contributed by atoms with E-state index in [-0.39, 0.29) is 24.0 Å². The van der Waals surface area contributed by atoms with Crippen molar-refractivity contribution in [3.8, 4) is 11.8 Å². The van der Waals surface area contributed by atoms with E-state index in [9.17, 15) is 13.2 Å². The summed E-state index contributed by atoms with van der Waals surface area (Å²) in [6, 6.07) is 5.53. The van der Waals surface area contributed by atoms with Crippen molar-refractivity contribution in [3.05, 3.63) is 35.4 Å². The van der Waals surface area contributed by atoms with Crippen molar-refractivity contribution in [2.24, 2.45) is 4.99 Å². The van der Waals surface area contributed by atoms with Gasteiger partial charge in [-0.15, -0.1) is 24.0 Å². The molecule has 0 radical (unpaired) electrons. The van der Waals surface area contributed by atoms with Crippen molar-refractivity contribution in [3.63, 3.8) is 0 Å². The first-order valence-corrected chi connectivity index (χ1v) is 8.78. The molecule has 1 saturated heterocycles. The van der Waals surface area contributed by atoms with Gasteiger partial charge in [-0.3, -0.25) is 9.89 Å². The second-order valence-electron chi connectivity index (χ2n) is 6.11. The Bertz CT molecular complexity index is 680. The second-order valence-corrected chi connectivity index (χ2v) is 6.11. The van der Waals surface area contributed by atoms with Crippen LogP contribution in [0.5, 0.6) is 0 Å². The van der Waals surface area contributed by atoms with Crippen LogP contribution in [0, 0.1) is 11.8 Å². The first-order valence-electron chi connectivity index (χ1n) is 8.78. The van der Waals surface area contributed by atoms with Gasteiger partial charge in [0.25, 0.3) is 0 Å². The summed E-state index contributed by atoms with van der Waals surface area (Å²) >= 11 is 0. The Morgan fingerprint density at radius 3 is 2.78 bits per heavy atom. The van der Waals surface area contributed by atoms with E-state index in [0.29, 0.717) is 24.1 Å². The summed E-state index contributed by atoms with van der Waals surface area (Å²) in [5.41, 5.74) is -0.346. The summed E-state index contributed by atoms with van der Waals surface area (Å²) in [5.74, 6) is 6.22. The molecule has 1 unspecified atom stereocenters. The van der Waals surface area contributed by atoms with Crippen LogP contribution in [0.1, 0.15) is 30.9 Å². The number of guanidine groups is 1. The smallest absolute Gasteiger partial charge is 0.355 e. The quantitative estimate of drug-likeness (QED) is 0.292. The van der Waals surface area contributed by atoms with E-state index in [1.807, 2.05) is 0 Å². The molecule has 0 aliphatic carbocycles. The average Bonchev–Trinajstić information content (AvgIpc) is 3.08. The van der Waals surface area contributed by atoms with Gasteiger partial charge in [-0.2, -0.15) is 13.2 Å². The number of likely N-dealkylation sites (tertiary alicyclic amines) is 1. The molecule has 1 fully saturated rings. The van der Waals surface area contributed by atoms with Crippen molar-refractivity contribution in [2.75, 3.05) is 33.2 Å². The zero-order chi connectivity index (χ0) is 19.0. The lowest BCUT2D eigenvalue weighted by Crippen LogP contribution is -2.44. The van der Waals surface area contributed by atoms with Crippen molar-refractivity contribution in [1.82, 2.24) is 15.5 Å². The van der Waals surface area contributed by atoms with Crippen LogP contribution in [0.15, 0.2) is 29.3 Å². The SMILES string of the molecule is CCN1CCCC1CNC(=NC)NCC#Cc1cccc(C(F)(F)F)c1.I. The number of aliphatic imine (C=N–C) groups is 1. The molecular weight excluding hydrogens is 468 g/mol. The van der Waals surface area contributed by atoms with Gasteiger partial charge >= 0.3 is 6.18 Å². The number of benzene rings is 1. The summed E-state index contributed by atoms with van der Waals surface area (Å²) in [7, 11) is 1.68. The molecule has 1 heterocycles. The molecule has 0 amide bonds. The predicted octanol–water partition coefficient (Wildman–Crippen LogP) is 3.32. The molecule has 8 heteroatoms. The Hall–Kier alpha value is -1.47. The maximum Gasteiger partial charge on any atom is 0.416 e. The number of nitrogens with zero attached hydrogens (tertiary/aromatic N) is 2. The van der Waals surface area contributed by atoms with Crippen LogP contribution in [0.2, 0.25) is 0 Å². The highest BCUT2D eigenvalue weighted by molar-refractivity contribution is 14.0. The topological polar surface area (TPSA) is 39.7 Å². The van der Waals surface area contributed by atoms with Gasteiger partial charge in [0, 0.05) is 25.2 Å². The molecule has 150 valence electrons. The first kappa shape index (κ1) is 23.6. The Kier molecular flexibility index (Phi) is 9.94. The van der Waals surface area contributed by atoms with E-state index in [1.54, 1.807) is 13.1 Å². The van der Waals surface area contributed by atoms with Crippen LogP contribution < -0.4 is 10.6 Å². The van der Waals surface area contributed by atoms with E-state index in [0.717, 1.165) is 31.8 Å². The van der Waals surface area contributed by atoms with Gasteiger partial charge in [0.05, 0.1) is 12.1 Å². The zero-order valence-corrected chi connectivity index (χ0v) is 17.9. The van der Waals surface area contributed by atoms with E-state index >= 15 is 0 Å². The van der Waals surface area contributed by atoms with E-state index in [1.165, 1.54) is 18.9 Å². The fourth-order valence-electron chi connectivity index (χ4n) is 3.03. The average molecular weight is 494 g/mol.